The van der Waals surface area contributed by atoms with Crippen LogP contribution in [0.5, 0.6) is 0 Å². The third-order valence-electron chi connectivity index (χ3n) is 4.05. The van der Waals surface area contributed by atoms with Crippen LogP contribution in [0.4, 0.5) is 5.00 Å². The molecule has 0 bridgehead atoms. The summed E-state index contributed by atoms with van der Waals surface area (Å²) >= 11 is 1.55. The van der Waals surface area contributed by atoms with Gasteiger partial charge in [0, 0.05) is 4.88 Å². The lowest BCUT2D eigenvalue weighted by molar-refractivity contribution is -0.120. The maximum absolute atomic E-state index is 12.3. The first-order valence-electron chi connectivity index (χ1n) is 7.64. The lowest BCUT2D eigenvalue weighted by Crippen LogP contribution is -2.48. The number of carbonyl (C=O) groups excluding carboxylic acids is 1. The van der Waals surface area contributed by atoms with Crippen molar-refractivity contribution in [3.05, 3.63) is 16.0 Å². The molecule has 0 saturated heterocycles. The molecule has 2 rings (SSSR count). The van der Waals surface area contributed by atoms with Gasteiger partial charge in [0.2, 0.25) is 5.91 Å². The first kappa shape index (κ1) is 16.0. The minimum atomic E-state index is -0.886. The van der Waals surface area contributed by atoms with Crippen LogP contribution in [-0.4, -0.2) is 11.4 Å². The predicted molar refractivity (Wildman–Crippen MR) is 86.4 cm³/mol. The van der Waals surface area contributed by atoms with Gasteiger partial charge in [0.25, 0.3) is 0 Å². The summed E-state index contributed by atoms with van der Waals surface area (Å²) in [6.45, 7) is 3.75. The molecule has 0 radical (unpaired) electrons. The average molecular weight is 305 g/mol. The van der Waals surface area contributed by atoms with E-state index in [4.69, 9.17) is 5.73 Å². The quantitative estimate of drug-likeness (QED) is 0.837. The van der Waals surface area contributed by atoms with Crippen molar-refractivity contribution in [2.24, 2.45) is 5.73 Å². The zero-order valence-electron chi connectivity index (χ0n) is 12.8. The number of hydrogen-bond acceptors (Lipinski definition) is 4. The Balaban J connectivity index is 2.25. The Kier molecular flexibility index (Phi) is 5.02. The highest BCUT2D eigenvalue weighted by Crippen LogP contribution is 2.37. The van der Waals surface area contributed by atoms with Gasteiger partial charge in [-0.05, 0) is 44.6 Å². The van der Waals surface area contributed by atoms with Crippen molar-refractivity contribution in [1.82, 2.24) is 0 Å². The first-order valence-corrected chi connectivity index (χ1v) is 8.46. The van der Waals surface area contributed by atoms with Gasteiger partial charge in [-0.25, -0.2) is 0 Å². The zero-order valence-corrected chi connectivity index (χ0v) is 13.6. The normalized spacial score (nSPS) is 17.2. The van der Waals surface area contributed by atoms with Crippen LogP contribution in [0.15, 0.2) is 0 Å². The fraction of sp³-hybridized carbons (Fsp3) is 0.625. The molecule has 0 fully saturated rings. The standard InChI is InChI=1S/C16H23N3OS/c1-3-9-16(2,18)15(20)19-14-12(10-17)11-7-5-4-6-8-13(11)21-14/h3-9,18H2,1-2H3,(H,19,20). The molecule has 1 aromatic heterocycles. The van der Waals surface area contributed by atoms with E-state index < -0.39 is 5.54 Å². The van der Waals surface area contributed by atoms with Crippen LogP contribution in [0.1, 0.15) is 62.0 Å². The van der Waals surface area contributed by atoms with Crippen molar-refractivity contribution in [3.8, 4) is 6.07 Å². The van der Waals surface area contributed by atoms with Crippen molar-refractivity contribution in [2.75, 3.05) is 5.32 Å². The monoisotopic (exact) mass is 305 g/mol. The van der Waals surface area contributed by atoms with Gasteiger partial charge < -0.3 is 11.1 Å². The Morgan fingerprint density at radius 1 is 1.43 bits per heavy atom. The van der Waals surface area contributed by atoms with E-state index in [1.807, 2.05) is 6.92 Å². The molecule has 1 heterocycles. The van der Waals surface area contributed by atoms with E-state index in [0.29, 0.717) is 17.0 Å². The SMILES string of the molecule is CCCC(C)(N)C(=O)Nc1sc2c(c1C#N)CCCCC2. The number of anilines is 1. The second-order valence-corrected chi connectivity index (χ2v) is 7.11. The molecule has 1 aliphatic carbocycles. The molecule has 0 spiro atoms. The highest BCUT2D eigenvalue weighted by atomic mass is 32.1. The summed E-state index contributed by atoms with van der Waals surface area (Å²) in [5.41, 5.74) is 6.97. The summed E-state index contributed by atoms with van der Waals surface area (Å²) in [7, 11) is 0. The minimum Gasteiger partial charge on any atom is -0.318 e. The van der Waals surface area contributed by atoms with Gasteiger partial charge in [-0.3, -0.25) is 4.79 Å². The van der Waals surface area contributed by atoms with Crippen LogP contribution < -0.4 is 11.1 Å². The fourth-order valence-electron chi connectivity index (χ4n) is 2.83. The molecular formula is C16H23N3OS. The Hall–Kier alpha value is -1.38. The number of aryl methyl sites for hydroxylation is 1. The van der Waals surface area contributed by atoms with Gasteiger partial charge in [0.05, 0.1) is 11.1 Å². The number of nitrogens with two attached hydrogens (primary N) is 1. The maximum atomic E-state index is 12.3. The van der Waals surface area contributed by atoms with Crippen LogP contribution in [0, 0.1) is 11.3 Å². The van der Waals surface area contributed by atoms with Crippen LogP contribution >= 0.6 is 11.3 Å². The Bertz CT molecular complexity index is 569. The van der Waals surface area contributed by atoms with Crippen molar-refractivity contribution in [1.29, 1.82) is 5.26 Å². The molecular weight excluding hydrogens is 282 g/mol. The number of nitrogens with zero attached hydrogens (tertiary/aromatic N) is 1. The third kappa shape index (κ3) is 3.45. The van der Waals surface area contributed by atoms with Crippen molar-refractivity contribution >= 4 is 22.2 Å². The maximum Gasteiger partial charge on any atom is 0.244 e. The van der Waals surface area contributed by atoms with Crippen molar-refractivity contribution in [3.63, 3.8) is 0 Å². The van der Waals surface area contributed by atoms with Gasteiger partial charge >= 0.3 is 0 Å². The number of thiophene rings is 1. The Labute approximate surface area is 130 Å². The third-order valence-corrected chi connectivity index (χ3v) is 5.26. The number of hydrogen-bond donors (Lipinski definition) is 2. The smallest absolute Gasteiger partial charge is 0.244 e. The topological polar surface area (TPSA) is 78.9 Å². The van der Waals surface area contributed by atoms with Gasteiger partial charge in [-0.1, -0.05) is 19.8 Å². The number of carbonyl (C=O) groups is 1. The molecule has 1 atom stereocenters. The molecule has 21 heavy (non-hydrogen) atoms. The zero-order chi connectivity index (χ0) is 15.5. The van der Waals surface area contributed by atoms with E-state index >= 15 is 0 Å². The summed E-state index contributed by atoms with van der Waals surface area (Å²) in [6.07, 6.45) is 6.94. The van der Waals surface area contributed by atoms with Crippen LogP contribution in [0.25, 0.3) is 0 Å². The van der Waals surface area contributed by atoms with E-state index in [0.717, 1.165) is 37.7 Å². The molecule has 0 aromatic carbocycles. The summed E-state index contributed by atoms with van der Waals surface area (Å²) in [5, 5.41) is 13.0. The molecule has 5 heteroatoms. The van der Waals surface area contributed by atoms with Crippen LogP contribution in [0.2, 0.25) is 0 Å². The van der Waals surface area contributed by atoms with Crippen LogP contribution in [0.3, 0.4) is 0 Å². The first-order chi connectivity index (χ1) is 9.99. The lowest BCUT2D eigenvalue weighted by Gasteiger charge is -2.22. The summed E-state index contributed by atoms with van der Waals surface area (Å²) < 4.78 is 0. The summed E-state index contributed by atoms with van der Waals surface area (Å²) in [6, 6.07) is 2.28. The molecule has 0 aliphatic heterocycles. The minimum absolute atomic E-state index is 0.197. The van der Waals surface area contributed by atoms with Gasteiger partial charge in [-0.15, -0.1) is 11.3 Å². The number of nitriles is 1. The van der Waals surface area contributed by atoms with Gasteiger partial charge in [0.1, 0.15) is 11.1 Å². The van der Waals surface area contributed by atoms with Crippen molar-refractivity contribution in [2.45, 2.75) is 64.3 Å². The second-order valence-electron chi connectivity index (χ2n) is 6.00. The molecule has 0 saturated carbocycles. The fourth-order valence-corrected chi connectivity index (χ4v) is 4.06. The number of fused-ring (bicyclic) bond motifs is 1. The molecule has 114 valence electrons. The Morgan fingerprint density at radius 2 is 2.14 bits per heavy atom. The summed E-state index contributed by atoms with van der Waals surface area (Å²) in [4.78, 5) is 13.6. The van der Waals surface area contributed by atoms with E-state index in [1.54, 1.807) is 18.3 Å². The molecule has 1 aliphatic rings. The molecule has 1 amide bonds. The number of amides is 1. The van der Waals surface area contributed by atoms with Crippen molar-refractivity contribution < 1.29 is 4.79 Å². The van der Waals surface area contributed by atoms with E-state index in [-0.39, 0.29) is 5.91 Å². The predicted octanol–water partition coefficient (Wildman–Crippen LogP) is 3.34. The summed E-state index contributed by atoms with van der Waals surface area (Å²) in [5.74, 6) is -0.197. The highest BCUT2D eigenvalue weighted by molar-refractivity contribution is 7.16. The molecule has 1 aromatic rings. The van der Waals surface area contributed by atoms with E-state index in [1.165, 1.54) is 11.3 Å². The van der Waals surface area contributed by atoms with E-state index in [2.05, 4.69) is 11.4 Å². The number of nitrogens with one attached hydrogen (secondary N) is 1. The van der Waals surface area contributed by atoms with Crippen LogP contribution in [-0.2, 0) is 17.6 Å². The second kappa shape index (κ2) is 6.59. The molecule has 3 N–H and O–H groups in total. The molecule has 1 unspecified atom stereocenters. The largest absolute Gasteiger partial charge is 0.318 e. The molecule has 4 nitrogen and oxygen atoms in total. The Morgan fingerprint density at radius 3 is 2.81 bits per heavy atom. The van der Waals surface area contributed by atoms with Gasteiger partial charge in [0.15, 0.2) is 0 Å². The number of rotatable bonds is 4. The van der Waals surface area contributed by atoms with Gasteiger partial charge in [-0.2, -0.15) is 5.26 Å². The lowest BCUT2D eigenvalue weighted by atomic mass is 9.96. The van der Waals surface area contributed by atoms with E-state index in [9.17, 15) is 10.1 Å². The average Bonchev–Trinajstić information content (AvgIpc) is 2.59. The highest BCUT2D eigenvalue weighted by Gasteiger charge is 2.29.